The number of carboxylic acid groups (broad SMARTS) is 2. The maximum absolute atomic E-state index is 10.8. The van der Waals surface area contributed by atoms with E-state index < -0.39 is 17.9 Å². The van der Waals surface area contributed by atoms with E-state index in [9.17, 15) is 9.59 Å². The van der Waals surface area contributed by atoms with E-state index in [1.165, 1.54) is 0 Å². The molecule has 1 atom stereocenters. The summed E-state index contributed by atoms with van der Waals surface area (Å²) < 4.78 is 0. The topological polar surface area (TPSA) is 74.6 Å². The van der Waals surface area contributed by atoms with Crippen molar-refractivity contribution in [2.24, 2.45) is 5.92 Å². The van der Waals surface area contributed by atoms with Crippen LogP contribution in [0.2, 0.25) is 0 Å². The molecule has 5 heteroatoms. The van der Waals surface area contributed by atoms with Gasteiger partial charge in [0.25, 0.3) is 0 Å². The van der Waals surface area contributed by atoms with E-state index in [-0.39, 0.29) is 12.8 Å². The quantitative estimate of drug-likeness (QED) is 0.410. The van der Waals surface area contributed by atoms with E-state index in [1.807, 2.05) is 0 Å². The highest BCUT2D eigenvalue weighted by atomic mass is 32.1. The van der Waals surface area contributed by atoms with Crippen LogP contribution in [-0.2, 0) is 9.59 Å². The average Bonchev–Trinajstić information content (AvgIpc) is 2.21. The third-order valence-corrected chi connectivity index (χ3v) is 2.83. The first-order chi connectivity index (χ1) is 7.57. The van der Waals surface area contributed by atoms with Gasteiger partial charge in [0.15, 0.2) is 0 Å². The Morgan fingerprint density at radius 1 is 1.00 bits per heavy atom. The number of aliphatic carboxylic acids is 2. The van der Waals surface area contributed by atoms with Crippen molar-refractivity contribution < 1.29 is 19.8 Å². The number of hydrogen-bond acceptors (Lipinski definition) is 3. The number of thiol groups is 1. The Labute approximate surface area is 101 Å². The number of carbonyl (C=O) groups is 2. The van der Waals surface area contributed by atoms with Crippen molar-refractivity contribution in [3.8, 4) is 0 Å². The second-order valence-corrected chi connectivity index (χ2v) is 4.34. The number of hydrogen-bond donors (Lipinski definition) is 3. The third kappa shape index (κ3) is 8.59. The monoisotopic (exact) mass is 248 g/mol. The maximum Gasteiger partial charge on any atom is 0.306 e. The summed E-state index contributed by atoms with van der Waals surface area (Å²) in [6.07, 6.45) is 4.71. The molecule has 0 aliphatic heterocycles. The zero-order valence-corrected chi connectivity index (χ0v) is 10.3. The van der Waals surface area contributed by atoms with Gasteiger partial charge in [-0.25, -0.2) is 0 Å². The SMILES string of the molecule is O=C(O)CCC(CCCCCCS)C(=O)O. The van der Waals surface area contributed by atoms with Crippen LogP contribution in [0.4, 0.5) is 0 Å². The van der Waals surface area contributed by atoms with Crippen LogP contribution in [0.1, 0.15) is 44.9 Å². The van der Waals surface area contributed by atoms with Crippen LogP contribution in [-0.4, -0.2) is 27.9 Å². The molecule has 0 radical (unpaired) electrons. The fourth-order valence-corrected chi connectivity index (χ4v) is 1.77. The molecule has 0 aromatic heterocycles. The highest BCUT2D eigenvalue weighted by Gasteiger charge is 2.17. The summed E-state index contributed by atoms with van der Waals surface area (Å²) in [5.74, 6) is -1.45. The molecule has 0 aliphatic carbocycles. The Hall–Kier alpha value is -0.710. The Kier molecular flexibility index (Phi) is 9.09. The standard InChI is InChI=1S/C11H20O4S/c12-10(13)7-6-9(11(14)15)5-3-1-2-4-8-16/h9,16H,1-8H2,(H,12,13)(H,14,15). The zero-order valence-electron chi connectivity index (χ0n) is 9.39. The summed E-state index contributed by atoms with van der Waals surface area (Å²) in [4.78, 5) is 21.2. The van der Waals surface area contributed by atoms with Crippen LogP contribution in [0.15, 0.2) is 0 Å². The summed E-state index contributed by atoms with van der Waals surface area (Å²) in [7, 11) is 0. The van der Waals surface area contributed by atoms with Crippen LogP contribution in [0, 0.1) is 5.92 Å². The van der Waals surface area contributed by atoms with Gasteiger partial charge in [-0.3, -0.25) is 9.59 Å². The summed E-state index contributed by atoms with van der Waals surface area (Å²) in [5.41, 5.74) is 0. The molecule has 4 nitrogen and oxygen atoms in total. The molecule has 2 N–H and O–H groups in total. The second kappa shape index (κ2) is 9.51. The van der Waals surface area contributed by atoms with E-state index in [1.54, 1.807) is 0 Å². The molecule has 0 fully saturated rings. The molecule has 0 bridgehead atoms. The molecule has 0 saturated carbocycles. The molecular weight excluding hydrogens is 228 g/mol. The van der Waals surface area contributed by atoms with Crippen molar-refractivity contribution in [2.75, 3.05) is 5.75 Å². The van der Waals surface area contributed by atoms with Gasteiger partial charge in [-0.15, -0.1) is 0 Å². The van der Waals surface area contributed by atoms with Crippen molar-refractivity contribution in [1.29, 1.82) is 0 Å². The molecule has 16 heavy (non-hydrogen) atoms. The minimum atomic E-state index is -0.929. The fourth-order valence-electron chi connectivity index (χ4n) is 1.55. The summed E-state index contributed by atoms with van der Waals surface area (Å²) in [6, 6.07) is 0. The lowest BCUT2D eigenvalue weighted by molar-refractivity contribution is -0.143. The van der Waals surface area contributed by atoms with Gasteiger partial charge in [-0.1, -0.05) is 19.3 Å². The lowest BCUT2D eigenvalue weighted by Gasteiger charge is -2.10. The number of unbranched alkanes of at least 4 members (excludes halogenated alkanes) is 3. The highest BCUT2D eigenvalue weighted by molar-refractivity contribution is 7.80. The normalized spacial score (nSPS) is 12.3. The minimum absolute atomic E-state index is 0.0619. The van der Waals surface area contributed by atoms with E-state index in [2.05, 4.69) is 12.6 Å². The van der Waals surface area contributed by atoms with Crippen LogP contribution >= 0.6 is 12.6 Å². The first kappa shape index (κ1) is 15.3. The number of rotatable bonds is 10. The van der Waals surface area contributed by atoms with Gasteiger partial charge in [0.05, 0.1) is 5.92 Å². The lowest BCUT2D eigenvalue weighted by atomic mass is 9.96. The van der Waals surface area contributed by atoms with Gasteiger partial charge < -0.3 is 10.2 Å². The van der Waals surface area contributed by atoms with Gasteiger partial charge in [0, 0.05) is 6.42 Å². The molecule has 94 valence electrons. The minimum Gasteiger partial charge on any atom is -0.481 e. The Morgan fingerprint density at radius 3 is 2.12 bits per heavy atom. The van der Waals surface area contributed by atoms with E-state index in [0.29, 0.717) is 6.42 Å². The molecule has 0 aliphatic rings. The maximum atomic E-state index is 10.8. The molecule has 1 unspecified atom stereocenters. The first-order valence-corrected chi connectivity index (χ1v) is 6.26. The predicted molar refractivity (Wildman–Crippen MR) is 64.9 cm³/mol. The molecular formula is C11H20O4S. The molecule has 0 aromatic carbocycles. The molecule has 0 spiro atoms. The van der Waals surface area contributed by atoms with Crippen molar-refractivity contribution >= 4 is 24.6 Å². The van der Waals surface area contributed by atoms with Crippen molar-refractivity contribution in [1.82, 2.24) is 0 Å². The van der Waals surface area contributed by atoms with Gasteiger partial charge in [0.2, 0.25) is 0 Å². The first-order valence-electron chi connectivity index (χ1n) is 5.63. The smallest absolute Gasteiger partial charge is 0.306 e. The zero-order chi connectivity index (χ0) is 12.4. The third-order valence-electron chi connectivity index (χ3n) is 2.52. The van der Waals surface area contributed by atoms with Gasteiger partial charge in [-0.2, -0.15) is 12.6 Å². The number of carboxylic acids is 2. The van der Waals surface area contributed by atoms with Crippen LogP contribution in [0.5, 0.6) is 0 Å². The van der Waals surface area contributed by atoms with Gasteiger partial charge in [-0.05, 0) is 25.0 Å². The predicted octanol–water partition coefficient (Wildman–Crippen LogP) is 2.43. The van der Waals surface area contributed by atoms with Crippen LogP contribution < -0.4 is 0 Å². The average molecular weight is 248 g/mol. The Balaban J connectivity index is 3.68. The summed E-state index contributed by atoms with van der Waals surface area (Å²) >= 11 is 4.09. The summed E-state index contributed by atoms with van der Waals surface area (Å²) in [6.45, 7) is 0. The second-order valence-electron chi connectivity index (χ2n) is 3.89. The van der Waals surface area contributed by atoms with E-state index >= 15 is 0 Å². The van der Waals surface area contributed by atoms with E-state index in [4.69, 9.17) is 10.2 Å². The van der Waals surface area contributed by atoms with Crippen molar-refractivity contribution in [2.45, 2.75) is 44.9 Å². The van der Waals surface area contributed by atoms with E-state index in [0.717, 1.165) is 31.4 Å². The van der Waals surface area contributed by atoms with Gasteiger partial charge >= 0.3 is 11.9 Å². The van der Waals surface area contributed by atoms with Crippen LogP contribution in [0.25, 0.3) is 0 Å². The molecule has 0 heterocycles. The van der Waals surface area contributed by atoms with Crippen LogP contribution in [0.3, 0.4) is 0 Å². The Bertz CT molecular complexity index is 218. The lowest BCUT2D eigenvalue weighted by Crippen LogP contribution is -2.15. The fraction of sp³-hybridized carbons (Fsp3) is 0.818. The van der Waals surface area contributed by atoms with Gasteiger partial charge in [0.1, 0.15) is 0 Å². The van der Waals surface area contributed by atoms with Crippen molar-refractivity contribution in [3.05, 3.63) is 0 Å². The van der Waals surface area contributed by atoms with Crippen molar-refractivity contribution in [3.63, 3.8) is 0 Å². The highest BCUT2D eigenvalue weighted by Crippen LogP contribution is 2.16. The Morgan fingerprint density at radius 2 is 1.62 bits per heavy atom. The molecule has 0 aromatic rings. The molecule has 0 amide bonds. The molecule has 0 rings (SSSR count). The molecule has 0 saturated heterocycles. The summed E-state index contributed by atoms with van der Waals surface area (Å²) in [5, 5.41) is 17.4. The largest absolute Gasteiger partial charge is 0.481 e.